The highest BCUT2D eigenvalue weighted by molar-refractivity contribution is 5.96. The van der Waals surface area contributed by atoms with E-state index in [4.69, 9.17) is 14.6 Å². The Hall–Kier alpha value is -2.50. The molecule has 0 fully saturated rings. The third-order valence-electron chi connectivity index (χ3n) is 3.62. The molecule has 0 saturated heterocycles. The topological polar surface area (TPSA) is 77.8 Å². The Labute approximate surface area is 134 Å². The number of fused-ring (bicyclic) bond motifs is 1. The highest BCUT2D eigenvalue weighted by atomic mass is 16.5. The molecule has 0 atom stereocenters. The number of unbranched alkanes of at least 4 members (excludes halogenated alkanes) is 1. The van der Waals surface area contributed by atoms with E-state index in [1.54, 1.807) is 20.1 Å². The van der Waals surface area contributed by atoms with Crippen LogP contribution in [0.15, 0.2) is 24.3 Å². The fourth-order valence-corrected chi connectivity index (χ4v) is 2.52. The number of rotatable bonds is 8. The second kappa shape index (κ2) is 7.67. The van der Waals surface area contributed by atoms with Crippen LogP contribution in [0, 0.1) is 0 Å². The lowest BCUT2D eigenvalue weighted by Gasteiger charge is -2.10. The summed E-state index contributed by atoms with van der Waals surface area (Å²) in [6.07, 6.45) is 1.35. The average molecular weight is 319 g/mol. The molecule has 2 rings (SSSR count). The number of aromatic nitrogens is 1. The molecule has 2 aromatic rings. The van der Waals surface area contributed by atoms with E-state index in [0.717, 1.165) is 10.9 Å². The van der Waals surface area contributed by atoms with E-state index in [1.807, 2.05) is 22.8 Å². The largest absolute Gasteiger partial charge is 0.497 e. The summed E-state index contributed by atoms with van der Waals surface area (Å²) in [7, 11) is 1.59. The summed E-state index contributed by atoms with van der Waals surface area (Å²) in [6.45, 7) is 2.63. The molecule has 124 valence electrons. The van der Waals surface area contributed by atoms with Crippen LogP contribution in [0.3, 0.4) is 0 Å². The number of aliphatic carboxylic acids is 1. The van der Waals surface area contributed by atoms with Gasteiger partial charge in [-0.3, -0.25) is 4.79 Å². The molecule has 1 heterocycles. The molecule has 6 heteroatoms. The number of ether oxygens (including phenoxy) is 2. The highest BCUT2D eigenvalue weighted by Gasteiger charge is 2.17. The zero-order valence-electron chi connectivity index (χ0n) is 13.4. The van der Waals surface area contributed by atoms with Crippen molar-refractivity contribution < 1.29 is 24.2 Å². The lowest BCUT2D eigenvalue weighted by atomic mass is 10.2. The predicted molar refractivity (Wildman–Crippen MR) is 85.9 cm³/mol. The van der Waals surface area contributed by atoms with Crippen molar-refractivity contribution in [3.8, 4) is 5.75 Å². The van der Waals surface area contributed by atoms with Crippen LogP contribution in [0.4, 0.5) is 0 Å². The number of carboxylic acid groups (broad SMARTS) is 1. The molecule has 1 N–H and O–H groups in total. The first-order valence-electron chi connectivity index (χ1n) is 7.63. The number of nitrogens with zero attached hydrogens (tertiary/aromatic N) is 1. The van der Waals surface area contributed by atoms with Gasteiger partial charge in [0.05, 0.1) is 19.2 Å². The average Bonchev–Trinajstić information content (AvgIpc) is 2.89. The Morgan fingerprint density at radius 3 is 2.65 bits per heavy atom. The zero-order valence-corrected chi connectivity index (χ0v) is 13.4. The molecule has 6 nitrogen and oxygen atoms in total. The number of methoxy groups -OCH3 is 1. The van der Waals surface area contributed by atoms with Crippen LogP contribution in [-0.4, -0.2) is 35.3 Å². The van der Waals surface area contributed by atoms with Crippen LogP contribution in [-0.2, 0) is 16.1 Å². The minimum atomic E-state index is -0.811. The Morgan fingerprint density at radius 2 is 2.00 bits per heavy atom. The Morgan fingerprint density at radius 1 is 1.22 bits per heavy atom. The highest BCUT2D eigenvalue weighted by Crippen LogP contribution is 2.26. The first kappa shape index (κ1) is 16.9. The Balaban J connectivity index is 2.32. The molecule has 0 bridgehead atoms. The van der Waals surface area contributed by atoms with Crippen LogP contribution < -0.4 is 4.74 Å². The van der Waals surface area contributed by atoms with Gasteiger partial charge < -0.3 is 19.1 Å². The third kappa shape index (κ3) is 4.03. The van der Waals surface area contributed by atoms with Gasteiger partial charge in [0.2, 0.25) is 0 Å². The van der Waals surface area contributed by atoms with Gasteiger partial charge in [0.15, 0.2) is 0 Å². The molecular weight excluding hydrogens is 298 g/mol. The van der Waals surface area contributed by atoms with Gasteiger partial charge in [0.25, 0.3) is 0 Å². The van der Waals surface area contributed by atoms with E-state index in [-0.39, 0.29) is 12.4 Å². The van der Waals surface area contributed by atoms with E-state index in [1.165, 1.54) is 0 Å². The molecule has 0 aliphatic rings. The van der Waals surface area contributed by atoms with Crippen molar-refractivity contribution in [3.63, 3.8) is 0 Å². The lowest BCUT2D eigenvalue weighted by molar-refractivity contribution is -0.137. The van der Waals surface area contributed by atoms with Crippen molar-refractivity contribution in [1.82, 2.24) is 4.57 Å². The first-order chi connectivity index (χ1) is 11.1. The Bertz CT molecular complexity index is 704. The van der Waals surface area contributed by atoms with Gasteiger partial charge in [-0.05, 0) is 38.0 Å². The summed E-state index contributed by atoms with van der Waals surface area (Å²) < 4.78 is 12.2. The van der Waals surface area contributed by atoms with Crippen LogP contribution in [0.25, 0.3) is 10.9 Å². The van der Waals surface area contributed by atoms with E-state index >= 15 is 0 Å². The fraction of sp³-hybridized carbons (Fsp3) is 0.412. The van der Waals surface area contributed by atoms with Crippen LogP contribution in [0.2, 0.25) is 0 Å². The standard InChI is InChI=1S/C17H21NO5/c1-3-23-17(21)15-10-12-7-8-13(22-2)11-14(12)18(15)9-5-4-6-16(19)20/h7-8,10-11H,3-6,9H2,1-2H3,(H,19,20). The number of carbonyl (C=O) groups excluding carboxylic acids is 1. The van der Waals surface area contributed by atoms with E-state index in [2.05, 4.69) is 0 Å². The van der Waals surface area contributed by atoms with Gasteiger partial charge in [-0.15, -0.1) is 0 Å². The van der Waals surface area contributed by atoms with Crippen LogP contribution in [0.1, 0.15) is 36.7 Å². The van der Waals surface area contributed by atoms with Crippen LogP contribution in [0.5, 0.6) is 5.75 Å². The summed E-state index contributed by atoms with van der Waals surface area (Å²) in [5, 5.41) is 9.65. The summed E-state index contributed by atoms with van der Waals surface area (Å²) in [5.74, 6) is -0.478. The molecule has 0 radical (unpaired) electrons. The number of carboxylic acids is 1. The molecule has 0 saturated carbocycles. The number of carbonyl (C=O) groups is 2. The fourth-order valence-electron chi connectivity index (χ4n) is 2.52. The van der Waals surface area contributed by atoms with Crippen molar-refractivity contribution >= 4 is 22.8 Å². The molecule has 0 aliphatic carbocycles. The SMILES string of the molecule is CCOC(=O)c1cc2ccc(OC)cc2n1CCCCC(=O)O. The maximum absolute atomic E-state index is 12.2. The second-order valence-electron chi connectivity index (χ2n) is 5.18. The maximum atomic E-state index is 12.2. The molecule has 1 aromatic carbocycles. The molecular formula is C17H21NO5. The normalized spacial score (nSPS) is 10.7. The minimum Gasteiger partial charge on any atom is -0.497 e. The number of benzene rings is 1. The smallest absolute Gasteiger partial charge is 0.354 e. The molecule has 0 spiro atoms. The third-order valence-corrected chi connectivity index (χ3v) is 3.62. The van der Waals surface area contributed by atoms with Crippen molar-refractivity contribution in [1.29, 1.82) is 0 Å². The van der Waals surface area contributed by atoms with Gasteiger partial charge in [-0.1, -0.05) is 0 Å². The van der Waals surface area contributed by atoms with Crippen LogP contribution >= 0.6 is 0 Å². The summed E-state index contributed by atoms with van der Waals surface area (Å²) in [6, 6.07) is 7.40. The van der Waals surface area contributed by atoms with Crippen molar-refractivity contribution in [2.45, 2.75) is 32.7 Å². The predicted octanol–water partition coefficient (Wildman–Crippen LogP) is 3.08. The number of aryl methyl sites for hydroxylation is 1. The summed E-state index contributed by atoms with van der Waals surface area (Å²) in [4.78, 5) is 22.8. The van der Waals surface area contributed by atoms with Crippen molar-refractivity contribution in [2.75, 3.05) is 13.7 Å². The van der Waals surface area contributed by atoms with Gasteiger partial charge in [-0.2, -0.15) is 0 Å². The number of hydrogen-bond donors (Lipinski definition) is 1. The van der Waals surface area contributed by atoms with Crippen molar-refractivity contribution in [2.24, 2.45) is 0 Å². The molecule has 0 unspecified atom stereocenters. The van der Waals surface area contributed by atoms with Gasteiger partial charge in [-0.25, -0.2) is 4.79 Å². The monoisotopic (exact) mass is 319 g/mol. The molecule has 0 amide bonds. The number of esters is 1. The van der Waals surface area contributed by atoms with Gasteiger partial charge in [0, 0.05) is 24.4 Å². The summed E-state index contributed by atoms with van der Waals surface area (Å²) >= 11 is 0. The van der Waals surface area contributed by atoms with E-state index in [9.17, 15) is 9.59 Å². The van der Waals surface area contributed by atoms with Crippen molar-refractivity contribution in [3.05, 3.63) is 30.0 Å². The quantitative estimate of drug-likeness (QED) is 0.597. The molecule has 0 aliphatic heterocycles. The number of hydrogen-bond acceptors (Lipinski definition) is 4. The molecule has 1 aromatic heterocycles. The first-order valence-corrected chi connectivity index (χ1v) is 7.63. The zero-order chi connectivity index (χ0) is 16.8. The lowest BCUT2D eigenvalue weighted by Crippen LogP contribution is -2.12. The van der Waals surface area contributed by atoms with Gasteiger partial charge >= 0.3 is 11.9 Å². The maximum Gasteiger partial charge on any atom is 0.354 e. The minimum absolute atomic E-state index is 0.122. The van der Waals surface area contributed by atoms with E-state index < -0.39 is 5.97 Å². The van der Waals surface area contributed by atoms with E-state index in [0.29, 0.717) is 37.4 Å². The Kier molecular flexibility index (Phi) is 5.62. The molecule has 23 heavy (non-hydrogen) atoms. The summed E-state index contributed by atoms with van der Waals surface area (Å²) in [5.41, 5.74) is 1.35. The van der Waals surface area contributed by atoms with Gasteiger partial charge in [0.1, 0.15) is 11.4 Å². The second-order valence-corrected chi connectivity index (χ2v) is 5.18.